The van der Waals surface area contributed by atoms with E-state index < -0.39 is 10.0 Å². The minimum absolute atomic E-state index is 0.0833. The Kier molecular flexibility index (Phi) is 4.08. The first-order chi connectivity index (χ1) is 11.3. The van der Waals surface area contributed by atoms with Gasteiger partial charge in [-0.1, -0.05) is 18.2 Å². The molecule has 0 aliphatic carbocycles. The van der Waals surface area contributed by atoms with E-state index in [0.717, 1.165) is 0 Å². The van der Waals surface area contributed by atoms with Gasteiger partial charge >= 0.3 is 5.69 Å². The predicted molar refractivity (Wildman–Crippen MR) is 89.4 cm³/mol. The second-order valence-corrected chi connectivity index (χ2v) is 7.13. The molecule has 0 unspecified atom stereocenters. The minimum Gasteiger partial charge on any atom is -0.306 e. The van der Waals surface area contributed by atoms with Crippen molar-refractivity contribution >= 4 is 26.8 Å². The highest BCUT2D eigenvalue weighted by atomic mass is 32.2. The Morgan fingerprint density at radius 3 is 2.38 bits per heavy atom. The van der Waals surface area contributed by atoms with Gasteiger partial charge < -0.3 is 9.97 Å². The Hall–Kier alpha value is -2.71. The quantitative estimate of drug-likeness (QED) is 0.609. The first-order valence-electron chi connectivity index (χ1n) is 7.17. The Balaban J connectivity index is 1.78. The number of hydrogen-bond donors (Lipinski definition) is 3. The summed E-state index contributed by atoms with van der Waals surface area (Å²) in [5, 5.41) is 0. The van der Waals surface area contributed by atoms with Crippen molar-refractivity contribution in [3.63, 3.8) is 0 Å². The summed E-state index contributed by atoms with van der Waals surface area (Å²) in [5.74, 6) is -0.124. The van der Waals surface area contributed by atoms with E-state index in [2.05, 4.69) is 14.7 Å². The van der Waals surface area contributed by atoms with Gasteiger partial charge in [0.25, 0.3) is 0 Å². The zero-order chi connectivity index (χ0) is 17.3. The van der Waals surface area contributed by atoms with Crippen LogP contribution in [0.4, 0.5) is 0 Å². The van der Waals surface area contributed by atoms with Crippen molar-refractivity contribution in [1.29, 1.82) is 0 Å². The summed E-state index contributed by atoms with van der Waals surface area (Å²) in [6.45, 7) is 1.50. The summed E-state index contributed by atoms with van der Waals surface area (Å²) in [6.07, 6.45) is 0. The van der Waals surface area contributed by atoms with Crippen LogP contribution in [0.1, 0.15) is 22.8 Å². The molecule has 0 atom stereocenters. The molecule has 0 radical (unpaired) electrons. The molecule has 0 saturated carbocycles. The molecular formula is C16H15N3O4S. The van der Waals surface area contributed by atoms with Crippen molar-refractivity contribution in [3.05, 3.63) is 64.1 Å². The summed E-state index contributed by atoms with van der Waals surface area (Å²) < 4.78 is 27.1. The van der Waals surface area contributed by atoms with Gasteiger partial charge in [0.05, 0.1) is 15.9 Å². The molecule has 0 aliphatic rings. The zero-order valence-corrected chi connectivity index (χ0v) is 13.6. The summed E-state index contributed by atoms with van der Waals surface area (Å²) in [7, 11) is -3.69. The Bertz CT molecular complexity index is 1060. The fourth-order valence-electron chi connectivity index (χ4n) is 2.32. The number of sulfonamides is 1. The molecule has 0 amide bonds. The third kappa shape index (κ3) is 3.29. The molecule has 1 heterocycles. The molecule has 3 aromatic rings. The molecule has 0 aliphatic heterocycles. The van der Waals surface area contributed by atoms with Gasteiger partial charge in [-0.05, 0) is 36.8 Å². The lowest BCUT2D eigenvalue weighted by Gasteiger charge is -2.07. The number of carbonyl (C=O) groups excluding carboxylic acids is 1. The number of H-pyrrole nitrogens is 2. The molecule has 1 aromatic heterocycles. The Morgan fingerprint density at radius 1 is 1.04 bits per heavy atom. The molecular weight excluding hydrogens is 330 g/mol. The number of ketones is 1. The van der Waals surface area contributed by atoms with Crippen molar-refractivity contribution in [2.45, 2.75) is 18.4 Å². The summed E-state index contributed by atoms with van der Waals surface area (Å²) in [5.41, 5.74) is 2.12. The highest BCUT2D eigenvalue weighted by molar-refractivity contribution is 7.89. The maximum Gasteiger partial charge on any atom is 0.323 e. The van der Waals surface area contributed by atoms with E-state index in [1.807, 2.05) is 0 Å². The van der Waals surface area contributed by atoms with Gasteiger partial charge in [0.15, 0.2) is 5.78 Å². The monoisotopic (exact) mass is 345 g/mol. The van der Waals surface area contributed by atoms with Crippen molar-refractivity contribution < 1.29 is 13.2 Å². The zero-order valence-electron chi connectivity index (χ0n) is 12.8. The lowest BCUT2D eigenvalue weighted by atomic mass is 10.2. The largest absolute Gasteiger partial charge is 0.323 e. The van der Waals surface area contributed by atoms with Gasteiger partial charge in [-0.25, -0.2) is 17.9 Å². The number of hydrogen-bond acceptors (Lipinski definition) is 4. The highest BCUT2D eigenvalue weighted by Crippen LogP contribution is 2.13. The smallest absolute Gasteiger partial charge is 0.306 e. The van der Waals surface area contributed by atoms with Gasteiger partial charge in [0.1, 0.15) is 0 Å². The average molecular weight is 345 g/mol. The van der Waals surface area contributed by atoms with Crippen LogP contribution in [-0.4, -0.2) is 24.2 Å². The second kappa shape index (κ2) is 6.06. The van der Waals surface area contributed by atoms with Crippen molar-refractivity contribution in [1.82, 2.24) is 14.7 Å². The standard InChI is InChI=1S/C16H15N3O4S/c1-10(20)12-3-5-13(6-4-12)24(22,23)17-9-11-2-7-14-15(8-11)19-16(21)18-14/h2-8,17H,9H2,1H3,(H2,18,19,21). The number of Topliss-reactive ketones (excluding diaryl/α,β-unsaturated/α-hetero) is 1. The molecule has 7 nitrogen and oxygen atoms in total. The molecule has 124 valence electrons. The normalized spacial score (nSPS) is 11.7. The maximum absolute atomic E-state index is 12.3. The Morgan fingerprint density at radius 2 is 1.71 bits per heavy atom. The van der Waals surface area contributed by atoms with E-state index in [1.165, 1.54) is 31.2 Å². The van der Waals surface area contributed by atoms with E-state index in [4.69, 9.17) is 0 Å². The first-order valence-corrected chi connectivity index (χ1v) is 8.65. The molecule has 3 N–H and O–H groups in total. The van der Waals surface area contributed by atoms with Crippen LogP contribution in [0.15, 0.2) is 52.2 Å². The number of aromatic amines is 2. The van der Waals surface area contributed by atoms with Crippen LogP contribution in [-0.2, 0) is 16.6 Å². The topological polar surface area (TPSA) is 112 Å². The molecule has 2 aromatic carbocycles. The third-order valence-corrected chi connectivity index (χ3v) is 5.03. The van der Waals surface area contributed by atoms with Crippen LogP contribution in [0.5, 0.6) is 0 Å². The molecule has 0 bridgehead atoms. The molecule has 3 rings (SSSR count). The maximum atomic E-state index is 12.3. The molecule has 0 saturated heterocycles. The summed E-state index contributed by atoms with van der Waals surface area (Å²) >= 11 is 0. The third-order valence-electron chi connectivity index (χ3n) is 3.62. The van der Waals surface area contributed by atoms with Gasteiger partial charge in [-0.2, -0.15) is 0 Å². The lowest BCUT2D eigenvalue weighted by Crippen LogP contribution is -2.23. The van der Waals surface area contributed by atoms with E-state index in [0.29, 0.717) is 22.2 Å². The van der Waals surface area contributed by atoms with E-state index in [-0.39, 0.29) is 22.9 Å². The molecule has 24 heavy (non-hydrogen) atoms. The number of rotatable bonds is 5. The van der Waals surface area contributed by atoms with Crippen LogP contribution < -0.4 is 10.4 Å². The van der Waals surface area contributed by atoms with Gasteiger partial charge in [0.2, 0.25) is 10.0 Å². The number of imidazole rings is 1. The summed E-state index contributed by atoms with van der Waals surface area (Å²) in [4.78, 5) is 27.8. The van der Waals surface area contributed by atoms with Gasteiger partial charge in [-0.3, -0.25) is 4.79 Å². The van der Waals surface area contributed by atoms with Crippen molar-refractivity contribution in [3.8, 4) is 0 Å². The fourth-order valence-corrected chi connectivity index (χ4v) is 3.34. The minimum atomic E-state index is -3.69. The Labute approximate surface area is 137 Å². The molecule has 0 spiro atoms. The number of fused-ring (bicyclic) bond motifs is 1. The van der Waals surface area contributed by atoms with Crippen molar-refractivity contribution in [2.75, 3.05) is 0 Å². The fraction of sp³-hybridized carbons (Fsp3) is 0.125. The predicted octanol–water partition coefficient (Wildman–Crippen LogP) is 1.54. The van der Waals surface area contributed by atoms with E-state index in [1.54, 1.807) is 18.2 Å². The highest BCUT2D eigenvalue weighted by Gasteiger charge is 2.14. The van der Waals surface area contributed by atoms with Crippen LogP contribution in [0.25, 0.3) is 11.0 Å². The molecule has 0 fully saturated rings. The summed E-state index contributed by atoms with van der Waals surface area (Å²) in [6, 6.07) is 10.9. The van der Waals surface area contributed by atoms with E-state index >= 15 is 0 Å². The van der Waals surface area contributed by atoms with Gasteiger partial charge in [-0.15, -0.1) is 0 Å². The SMILES string of the molecule is CC(=O)c1ccc(S(=O)(=O)NCc2ccc3[nH]c(=O)[nH]c3c2)cc1. The van der Waals surface area contributed by atoms with Crippen LogP contribution in [0.2, 0.25) is 0 Å². The van der Waals surface area contributed by atoms with E-state index in [9.17, 15) is 18.0 Å². The van der Waals surface area contributed by atoms with Crippen LogP contribution in [0, 0.1) is 0 Å². The number of carbonyl (C=O) groups is 1. The van der Waals surface area contributed by atoms with Crippen LogP contribution >= 0.6 is 0 Å². The number of benzene rings is 2. The van der Waals surface area contributed by atoms with Crippen LogP contribution in [0.3, 0.4) is 0 Å². The second-order valence-electron chi connectivity index (χ2n) is 5.36. The number of aromatic nitrogens is 2. The van der Waals surface area contributed by atoms with Gasteiger partial charge in [0, 0.05) is 12.1 Å². The number of nitrogens with one attached hydrogen (secondary N) is 3. The molecule has 8 heteroatoms. The lowest BCUT2D eigenvalue weighted by molar-refractivity contribution is 0.101. The first kappa shape index (κ1) is 16.2. The van der Waals surface area contributed by atoms with Crippen molar-refractivity contribution in [2.24, 2.45) is 0 Å². The average Bonchev–Trinajstić information content (AvgIpc) is 2.92.